The highest BCUT2D eigenvalue weighted by Gasteiger charge is 2.57. The molecular weight excluding hydrogens is 294 g/mol. The number of hydrogen-bond acceptors (Lipinski definition) is 2. The van der Waals surface area contributed by atoms with Gasteiger partial charge in [0.15, 0.2) is 0 Å². The Balaban J connectivity index is 1.77. The molecule has 24 heavy (non-hydrogen) atoms. The van der Waals surface area contributed by atoms with Gasteiger partial charge in [0.05, 0.1) is 7.11 Å². The number of benzene rings is 1. The van der Waals surface area contributed by atoms with Gasteiger partial charge in [0.25, 0.3) is 0 Å². The Labute approximate surface area is 148 Å². The predicted molar refractivity (Wildman–Crippen MR) is 101 cm³/mol. The number of ether oxygens (including phenoxy) is 1. The molecule has 0 heterocycles. The number of hydrogen-bond donors (Lipinski definition) is 0. The maximum absolute atomic E-state index is 5.31. The van der Waals surface area contributed by atoms with Crippen LogP contribution in [0.2, 0.25) is 0 Å². The second-order valence-electron chi connectivity index (χ2n) is 8.80. The molecule has 3 aliphatic carbocycles. The summed E-state index contributed by atoms with van der Waals surface area (Å²) in [4.78, 5) is 2.79. The van der Waals surface area contributed by atoms with Crippen LogP contribution in [0.5, 0.6) is 5.75 Å². The quantitative estimate of drug-likeness (QED) is 0.696. The molecule has 3 fully saturated rings. The van der Waals surface area contributed by atoms with Gasteiger partial charge in [-0.05, 0) is 67.1 Å². The van der Waals surface area contributed by atoms with Gasteiger partial charge in [-0.3, -0.25) is 4.90 Å². The first-order valence-corrected chi connectivity index (χ1v) is 9.77. The summed E-state index contributed by atoms with van der Waals surface area (Å²) in [5.74, 6) is 3.58. The lowest BCUT2D eigenvalue weighted by Gasteiger charge is -2.64. The fraction of sp³-hybridized carbons (Fsp3) is 0.727. The summed E-state index contributed by atoms with van der Waals surface area (Å²) >= 11 is 0. The highest BCUT2D eigenvalue weighted by atomic mass is 16.5. The Morgan fingerprint density at radius 2 is 1.88 bits per heavy atom. The van der Waals surface area contributed by atoms with E-state index in [1.54, 1.807) is 7.11 Å². The first kappa shape index (κ1) is 17.8. The van der Waals surface area contributed by atoms with Crippen LogP contribution in [0.1, 0.15) is 59.4 Å². The van der Waals surface area contributed by atoms with E-state index in [4.69, 9.17) is 4.74 Å². The first-order chi connectivity index (χ1) is 11.4. The number of nitrogens with zero attached hydrogens (tertiary/aromatic N) is 1. The molecule has 2 heteroatoms. The molecule has 0 radical (unpaired) electrons. The van der Waals surface area contributed by atoms with E-state index in [1.807, 2.05) is 0 Å². The maximum atomic E-state index is 5.31. The average Bonchev–Trinajstić information content (AvgIpc) is 2.59. The van der Waals surface area contributed by atoms with Crippen molar-refractivity contribution in [3.8, 4) is 5.75 Å². The van der Waals surface area contributed by atoms with Gasteiger partial charge in [-0.15, -0.1) is 0 Å². The molecule has 1 unspecified atom stereocenters. The van der Waals surface area contributed by atoms with Crippen LogP contribution in [-0.4, -0.2) is 24.1 Å². The van der Waals surface area contributed by atoms with Crippen LogP contribution in [-0.2, 0) is 6.54 Å². The molecule has 0 N–H and O–H groups in total. The minimum atomic E-state index is 0.567. The first-order valence-electron chi connectivity index (χ1n) is 9.77. The molecule has 0 aromatic heterocycles. The lowest BCUT2D eigenvalue weighted by molar-refractivity contribution is -0.145. The van der Waals surface area contributed by atoms with Crippen molar-refractivity contribution < 1.29 is 4.74 Å². The average molecular weight is 330 g/mol. The third kappa shape index (κ3) is 2.98. The van der Waals surface area contributed by atoms with E-state index in [2.05, 4.69) is 63.8 Å². The minimum Gasteiger partial charge on any atom is -0.497 e. The van der Waals surface area contributed by atoms with Crippen molar-refractivity contribution in [2.75, 3.05) is 7.11 Å². The van der Waals surface area contributed by atoms with Crippen molar-refractivity contribution in [3.63, 3.8) is 0 Å². The van der Waals surface area contributed by atoms with Crippen molar-refractivity contribution in [2.24, 2.45) is 23.2 Å². The van der Waals surface area contributed by atoms with Crippen LogP contribution in [0.15, 0.2) is 24.3 Å². The molecule has 0 spiro atoms. The van der Waals surface area contributed by atoms with Gasteiger partial charge >= 0.3 is 0 Å². The third-order valence-electron chi connectivity index (χ3n) is 7.42. The molecule has 5 atom stereocenters. The third-order valence-corrected chi connectivity index (χ3v) is 7.42. The molecule has 3 saturated carbocycles. The van der Waals surface area contributed by atoms with Gasteiger partial charge in [0, 0.05) is 18.6 Å². The zero-order valence-electron chi connectivity index (χ0n) is 16.4. The van der Waals surface area contributed by atoms with Gasteiger partial charge in [0.2, 0.25) is 0 Å². The molecule has 2 nitrogen and oxygen atoms in total. The fourth-order valence-corrected chi connectivity index (χ4v) is 5.34. The highest BCUT2D eigenvalue weighted by molar-refractivity contribution is 5.27. The second-order valence-corrected chi connectivity index (χ2v) is 8.80. The normalized spacial score (nSPS) is 32.3. The van der Waals surface area contributed by atoms with Crippen LogP contribution < -0.4 is 4.74 Å². The van der Waals surface area contributed by atoms with E-state index in [1.165, 1.54) is 24.8 Å². The molecule has 0 saturated heterocycles. The van der Waals surface area contributed by atoms with Gasteiger partial charge in [-0.25, -0.2) is 0 Å². The largest absolute Gasteiger partial charge is 0.497 e. The van der Waals surface area contributed by atoms with E-state index < -0.39 is 0 Å². The van der Waals surface area contributed by atoms with Crippen LogP contribution in [0, 0.1) is 23.2 Å². The summed E-state index contributed by atoms with van der Waals surface area (Å²) in [5.41, 5.74) is 1.97. The Morgan fingerprint density at radius 1 is 1.21 bits per heavy atom. The molecule has 0 aliphatic heterocycles. The SMILES string of the molecule is CCC(C)N(Cc1ccc(OC)cc1)[C@@H]1C[C@@H]2C[C@H]([C@H]1C)C2(C)C. The van der Waals surface area contributed by atoms with E-state index in [9.17, 15) is 0 Å². The molecule has 1 aromatic rings. The Kier molecular flexibility index (Phi) is 4.97. The number of fused-ring (bicyclic) bond motifs is 2. The van der Waals surface area contributed by atoms with E-state index in [0.29, 0.717) is 11.5 Å². The summed E-state index contributed by atoms with van der Waals surface area (Å²) in [6.07, 6.45) is 4.06. The van der Waals surface area contributed by atoms with Crippen molar-refractivity contribution in [1.82, 2.24) is 4.90 Å². The summed E-state index contributed by atoms with van der Waals surface area (Å²) in [5, 5.41) is 0. The summed E-state index contributed by atoms with van der Waals surface area (Å²) in [6.45, 7) is 13.3. The topological polar surface area (TPSA) is 12.5 Å². The summed E-state index contributed by atoms with van der Waals surface area (Å²) in [7, 11) is 1.73. The second kappa shape index (κ2) is 6.71. The standard InChI is InChI=1S/C22H35NO/c1-7-15(2)23(14-17-8-10-19(24-6)11-9-17)21-13-18-12-20(16(21)3)22(18,4)5/h8-11,15-16,18,20-21H,7,12-14H2,1-6H3/t15?,16-,18+,20-,21-/m1/s1. The van der Waals surface area contributed by atoms with Crippen molar-refractivity contribution in [3.05, 3.63) is 29.8 Å². The summed E-state index contributed by atoms with van der Waals surface area (Å²) in [6, 6.07) is 10.0. The van der Waals surface area contributed by atoms with Crippen molar-refractivity contribution in [2.45, 2.75) is 72.5 Å². The molecule has 4 rings (SSSR count). The zero-order valence-corrected chi connectivity index (χ0v) is 16.4. The predicted octanol–water partition coefficient (Wildman–Crippen LogP) is 5.37. The molecule has 3 aliphatic rings. The lowest BCUT2D eigenvalue weighted by atomic mass is 9.44. The molecule has 134 valence electrons. The van der Waals surface area contributed by atoms with Crippen molar-refractivity contribution in [1.29, 1.82) is 0 Å². The molecular formula is C22H35NO. The van der Waals surface area contributed by atoms with Gasteiger partial charge < -0.3 is 4.74 Å². The molecule has 1 aromatic carbocycles. The van der Waals surface area contributed by atoms with E-state index in [0.717, 1.165) is 36.1 Å². The smallest absolute Gasteiger partial charge is 0.118 e. The zero-order chi connectivity index (χ0) is 17.5. The van der Waals surface area contributed by atoms with Gasteiger partial charge in [-0.1, -0.05) is 39.8 Å². The van der Waals surface area contributed by atoms with Crippen LogP contribution >= 0.6 is 0 Å². The van der Waals surface area contributed by atoms with Crippen LogP contribution in [0.4, 0.5) is 0 Å². The number of rotatable bonds is 6. The Morgan fingerprint density at radius 3 is 2.38 bits per heavy atom. The molecule has 2 bridgehead atoms. The minimum absolute atomic E-state index is 0.567. The fourth-order valence-electron chi connectivity index (χ4n) is 5.34. The maximum Gasteiger partial charge on any atom is 0.118 e. The molecule has 0 amide bonds. The van der Waals surface area contributed by atoms with Crippen molar-refractivity contribution >= 4 is 0 Å². The monoisotopic (exact) mass is 329 g/mol. The number of methoxy groups -OCH3 is 1. The lowest BCUT2D eigenvalue weighted by Crippen LogP contribution is -2.61. The van der Waals surface area contributed by atoms with Crippen LogP contribution in [0.25, 0.3) is 0 Å². The van der Waals surface area contributed by atoms with Crippen LogP contribution in [0.3, 0.4) is 0 Å². The highest BCUT2D eigenvalue weighted by Crippen LogP contribution is 2.62. The van der Waals surface area contributed by atoms with E-state index >= 15 is 0 Å². The van der Waals surface area contributed by atoms with Gasteiger partial charge in [-0.2, -0.15) is 0 Å². The van der Waals surface area contributed by atoms with Gasteiger partial charge in [0.1, 0.15) is 5.75 Å². The Hall–Kier alpha value is -1.02. The van der Waals surface area contributed by atoms with E-state index in [-0.39, 0.29) is 0 Å². The summed E-state index contributed by atoms with van der Waals surface area (Å²) < 4.78 is 5.31. The Bertz CT molecular complexity index is 550.